The third kappa shape index (κ3) is 3.82. The molecule has 27 heavy (non-hydrogen) atoms. The number of ketones is 2. The van der Waals surface area contributed by atoms with Crippen molar-refractivity contribution in [2.24, 2.45) is 5.16 Å². The Balaban J connectivity index is 1.81. The molecule has 0 saturated carbocycles. The van der Waals surface area contributed by atoms with Crippen LogP contribution in [0.15, 0.2) is 41.7 Å². The summed E-state index contributed by atoms with van der Waals surface area (Å²) in [6.45, 7) is 1.42. The lowest BCUT2D eigenvalue weighted by Gasteiger charge is -2.28. The number of fused-ring (bicyclic) bond motifs is 1. The monoisotopic (exact) mass is 367 g/mol. The molecule has 0 radical (unpaired) electrons. The summed E-state index contributed by atoms with van der Waals surface area (Å²) in [6.07, 6.45) is 1.65. The molecule has 4 N–H and O–H groups in total. The van der Waals surface area contributed by atoms with Gasteiger partial charge in [0.05, 0.1) is 5.56 Å². The van der Waals surface area contributed by atoms with Gasteiger partial charge in [0.15, 0.2) is 17.3 Å². The van der Waals surface area contributed by atoms with E-state index in [0.29, 0.717) is 23.3 Å². The quantitative estimate of drug-likeness (QED) is 0.240. The number of oxime groups is 1. The smallest absolute Gasteiger partial charge is 0.526 e. The maximum atomic E-state index is 12.6. The van der Waals surface area contributed by atoms with Gasteiger partial charge in [0, 0.05) is 24.0 Å². The normalized spacial score (nSPS) is 16.4. The van der Waals surface area contributed by atoms with E-state index in [-0.39, 0.29) is 23.7 Å². The number of benzene rings is 1. The summed E-state index contributed by atoms with van der Waals surface area (Å²) in [5, 5.41) is 22.7. The van der Waals surface area contributed by atoms with E-state index in [1.165, 1.54) is 25.3 Å². The molecule has 8 nitrogen and oxygen atoms in total. The SMILES string of the molecule is CC(=O)c1cccc2c1OB(O)[C@@H](CC(=O)/C(=N/O)c1ccnc(N)c1)C2. The second-order valence-corrected chi connectivity index (χ2v) is 6.37. The zero-order valence-electron chi connectivity index (χ0n) is 14.6. The van der Waals surface area contributed by atoms with Crippen LogP contribution >= 0.6 is 0 Å². The van der Waals surface area contributed by atoms with Crippen LogP contribution in [-0.2, 0) is 11.2 Å². The minimum Gasteiger partial charge on any atom is -0.535 e. The van der Waals surface area contributed by atoms with Crippen LogP contribution in [0, 0.1) is 0 Å². The number of nitrogen functional groups attached to an aromatic ring is 1. The Bertz CT molecular complexity index is 931. The molecule has 0 fully saturated rings. The summed E-state index contributed by atoms with van der Waals surface area (Å²) in [6, 6.07) is 8.08. The van der Waals surface area contributed by atoms with Crippen LogP contribution in [0.25, 0.3) is 0 Å². The van der Waals surface area contributed by atoms with Crippen LogP contribution < -0.4 is 10.4 Å². The lowest BCUT2D eigenvalue weighted by Crippen LogP contribution is -2.36. The summed E-state index contributed by atoms with van der Waals surface area (Å²) >= 11 is 0. The molecule has 1 atom stereocenters. The molecule has 9 heteroatoms. The second kappa shape index (κ2) is 7.59. The first-order valence-corrected chi connectivity index (χ1v) is 8.35. The lowest BCUT2D eigenvalue weighted by molar-refractivity contribution is -0.113. The molecule has 2 aromatic rings. The minimum absolute atomic E-state index is 0.105. The van der Waals surface area contributed by atoms with Gasteiger partial charge in [-0.05, 0) is 37.1 Å². The number of carbonyl (C=O) groups is 2. The first kappa shape index (κ1) is 18.6. The van der Waals surface area contributed by atoms with E-state index in [2.05, 4.69) is 10.1 Å². The zero-order valence-corrected chi connectivity index (χ0v) is 14.6. The van der Waals surface area contributed by atoms with Gasteiger partial charge in [0.1, 0.15) is 11.6 Å². The molecule has 1 aliphatic heterocycles. The molecule has 0 saturated heterocycles. The maximum Gasteiger partial charge on any atom is 0.526 e. The number of pyridine rings is 1. The molecule has 1 aromatic heterocycles. The van der Waals surface area contributed by atoms with Crippen molar-refractivity contribution in [2.75, 3.05) is 5.73 Å². The average molecular weight is 367 g/mol. The number of carbonyl (C=O) groups excluding carboxylic acids is 2. The fourth-order valence-corrected chi connectivity index (χ4v) is 3.14. The van der Waals surface area contributed by atoms with E-state index >= 15 is 0 Å². The number of hydrogen-bond acceptors (Lipinski definition) is 8. The molecule has 0 spiro atoms. The molecule has 3 rings (SSSR count). The molecular weight excluding hydrogens is 349 g/mol. The molecule has 138 valence electrons. The van der Waals surface area contributed by atoms with Crippen molar-refractivity contribution in [1.29, 1.82) is 0 Å². The Hall–Kier alpha value is -3.20. The van der Waals surface area contributed by atoms with Crippen molar-refractivity contribution in [3.63, 3.8) is 0 Å². The highest BCUT2D eigenvalue weighted by Crippen LogP contribution is 2.36. The molecule has 0 unspecified atom stereocenters. The first-order chi connectivity index (χ1) is 12.9. The van der Waals surface area contributed by atoms with Crippen molar-refractivity contribution in [3.05, 3.63) is 53.2 Å². The number of hydrogen-bond donors (Lipinski definition) is 3. The fourth-order valence-electron chi connectivity index (χ4n) is 3.14. The highest BCUT2D eigenvalue weighted by molar-refractivity contribution is 6.51. The van der Waals surface area contributed by atoms with E-state index < -0.39 is 18.7 Å². The third-order valence-corrected chi connectivity index (χ3v) is 4.47. The number of nitrogens with two attached hydrogens (primary N) is 1. The summed E-state index contributed by atoms with van der Waals surface area (Å²) in [4.78, 5) is 28.2. The van der Waals surface area contributed by atoms with Crippen molar-refractivity contribution in [3.8, 4) is 5.75 Å². The van der Waals surface area contributed by atoms with Gasteiger partial charge in [0.25, 0.3) is 0 Å². The number of rotatable bonds is 5. The van der Waals surface area contributed by atoms with Crippen LogP contribution in [0.5, 0.6) is 5.75 Å². The van der Waals surface area contributed by atoms with E-state index in [0.717, 1.165) is 5.56 Å². The predicted molar refractivity (Wildman–Crippen MR) is 99.1 cm³/mol. The molecular formula is C18H18BN3O5. The number of aromatic nitrogens is 1. The number of anilines is 1. The van der Waals surface area contributed by atoms with E-state index in [1.807, 2.05) is 0 Å². The van der Waals surface area contributed by atoms with Crippen molar-refractivity contribution >= 4 is 30.2 Å². The third-order valence-electron chi connectivity index (χ3n) is 4.47. The number of nitrogens with zero attached hydrogens (tertiary/aromatic N) is 2. The minimum atomic E-state index is -1.26. The predicted octanol–water partition coefficient (Wildman–Crippen LogP) is 1.49. The fraction of sp³-hybridized carbons (Fsp3) is 0.222. The van der Waals surface area contributed by atoms with Crippen LogP contribution in [0.4, 0.5) is 5.82 Å². The summed E-state index contributed by atoms with van der Waals surface area (Å²) < 4.78 is 5.53. The van der Waals surface area contributed by atoms with Crippen molar-refractivity contribution in [2.45, 2.75) is 25.6 Å². The van der Waals surface area contributed by atoms with Gasteiger partial charge in [-0.3, -0.25) is 9.59 Å². The van der Waals surface area contributed by atoms with Gasteiger partial charge < -0.3 is 20.6 Å². The van der Waals surface area contributed by atoms with E-state index in [1.54, 1.807) is 18.2 Å². The average Bonchev–Trinajstić information content (AvgIpc) is 2.62. The van der Waals surface area contributed by atoms with Gasteiger partial charge in [-0.25, -0.2) is 4.98 Å². The molecule has 1 aliphatic rings. The number of para-hydroxylation sites is 1. The highest BCUT2D eigenvalue weighted by atomic mass is 16.5. The van der Waals surface area contributed by atoms with E-state index in [9.17, 15) is 19.8 Å². The molecule has 0 aliphatic carbocycles. The largest absolute Gasteiger partial charge is 0.535 e. The second-order valence-electron chi connectivity index (χ2n) is 6.37. The van der Waals surface area contributed by atoms with Gasteiger partial charge in [-0.15, -0.1) is 0 Å². The first-order valence-electron chi connectivity index (χ1n) is 8.35. The van der Waals surface area contributed by atoms with Gasteiger partial charge in [0.2, 0.25) is 0 Å². The Morgan fingerprint density at radius 3 is 2.85 bits per heavy atom. The summed E-state index contributed by atoms with van der Waals surface area (Å²) in [5.41, 5.74) is 6.90. The van der Waals surface area contributed by atoms with Crippen LogP contribution in [0.2, 0.25) is 5.82 Å². The maximum absolute atomic E-state index is 12.6. The van der Waals surface area contributed by atoms with Gasteiger partial charge in [-0.1, -0.05) is 17.3 Å². The van der Waals surface area contributed by atoms with Gasteiger partial charge >= 0.3 is 7.12 Å². The topological polar surface area (TPSA) is 135 Å². The Morgan fingerprint density at radius 2 is 2.19 bits per heavy atom. The number of Topliss-reactive ketones (excluding diaryl/α,β-unsaturated/α-hetero) is 2. The van der Waals surface area contributed by atoms with Crippen LogP contribution in [0.3, 0.4) is 0 Å². The van der Waals surface area contributed by atoms with Gasteiger partial charge in [-0.2, -0.15) is 0 Å². The van der Waals surface area contributed by atoms with Crippen molar-refractivity contribution in [1.82, 2.24) is 4.98 Å². The molecule has 0 amide bonds. The lowest BCUT2D eigenvalue weighted by atomic mass is 9.64. The summed E-state index contributed by atoms with van der Waals surface area (Å²) in [7, 11) is -1.26. The van der Waals surface area contributed by atoms with Crippen molar-refractivity contribution < 1.29 is 24.5 Å². The molecule has 0 bridgehead atoms. The standard InChI is InChI=1S/C18H18BN3O5/c1-10(23)14-4-2-3-12-7-13(19(25)27-18(12)14)9-15(24)17(22-26)11-5-6-21-16(20)8-11/h2-6,8,13,25-26H,7,9H2,1H3,(H2,20,21)/b22-17+/t13-/m1/s1. The zero-order chi connectivity index (χ0) is 19.6. The molecule has 1 aromatic carbocycles. The Labute approximate surface area is 155 Å². The highest BCUT2D eigenvalue weighted by Gasteiger charge is 2.38. The van der Waals surface area contributed by atoms with Crippen LogP contribution in [-0.4, -0.2) is 39.6 Å². The summed E-state index contributed by atoms with van der Waals surface area (Å²) in [5.74, 6) is -0.657. The Morgan fingerprint density at radius 1 is 1.41 bits per heavy atom. The molecule has 2 heterocycles. The van der Waals surface area contributed by atoms with E-state index in [4.69, 9.17) is 10.4 Å². The van der Waals surface area contributed by atoms with Crippen LogP contribution in [0.1, 0.15) is 34.8 Å². The Kier molecular flexibility index (Phi) is 5.22.